The summed E-state index contributed by atoms with van der Waals surface area (Å²) in [7, 11) is 0. The van der Waals surface area contributed by atoms with Gasteiger partial charge in [-0.15, -0.1) is 24.8 Å². The fraction of sp³-hybridized carbons (Fsp3) is 0.750. The number of halogens is 2. The molecule has 1 aromatic heterocycles. The van der Waals surface area contributed by atoms with Crippen molar-refractivity contribution >= 4 is 24.8 Å². The molecule has 3 N–H and O–H groups in total. The minimum Gasteiger partial charge on any atom is -0.394 e. The van der Waals surface area contributed by atoms with Crippen molar-refractivity contribution in [2.45, 2.75) is 25.3 Å². The van der Waals surface area contributed by atoms with E-state index in [1.165, 1.54) is 5.69 Å². The Hall–Kier alpha value is -0.330. The van der Waals surface area contributed by atoms with E-state index < -0.39 is 0 Å². The highest BCUT2D eigenvalue weighted by Crippen LogP contribution is 2.27. The van der Waals surface area contributed by atoms with E-state index in [1.54, 1.807) is 0 Å². The van der Waals surface area contributed by atoms with Gasteiger partial charge in [-0.2, -0.15) is 5.10 Å². The third-order valence-electron chi connectivity index (χ3n) is 3.51. The largest absolute Gasteiger partial charge is 0.394 e. The molecule has 0 aromatic carbocycles. The molecule has 0 atom stereocenters. The van der Waals surface area contributed by atoms with Crippen LogP contribution < -0.4 is 5.73 Å². The molecule has 112 valence electrons. The van der Waals surface area contributed by atoms with E-state index in [1.807, 2.05) is 10.9 Å². The van der Waals surface area contributed by atoms with Gasteiger partial charge in [-0.05, 0) is 32.0 Å². The molecule has 1 fully saturated rings. The van der Waals surface area contributed by atoms with Gasteiger partial charge in [0.05, 0.1) is 13.2 Å². The van der Waals surface area contributed by atoms with Gasteiger partial charge in [0.1, 0.15) is 0 Å². The van der Waals surface area contributed by atoms with Gasteiger partial charge in [0.25, 0.3) is 0 Å². The van der Waals surface area contributed by atoms with Crippen LogP contribution in [0.5, 0.6) is 0 Å². The van der Waals surface area contributed by atoms with Crippen molar-refractivity contribution < 1.29 is 5.11 Å². The summed E-state index contributed by atoms with van der Waals surface area (Å²) in [4.78, 5) is 2.42. The van der Waals surface area contributed by atoms with E-state index in [4.69, 9.17) is 10.8 Å². The zero-order valence-electron chi connectivity index (χ0n) is 11.1. The van der Waals surface area contributed by atoms with Gasteiger partial charge in [-0.25, -0.2) is 0 Å². The van der Waals surface area contributed by atoms with Crippen molar-refractivity contribution in [3.63, 3.8) is 0 Å². The molecule has 0 amide bonds. The molecule has 0 unspecified atom stereocenters. The fourth-order valence-electron chi connectivity index (χ4n) is 2.61. The predicted molar refractivity (Wildman–Crippen MR) is 81.3 cm³/mol. The lowest BCUT2D eigenvalue weighted by atomic mass is 9.93. The summed E-state index contributed by atoms with van der Waals surface area (Å²) in [5.74, 6) is 0.582. The Morgan fingerprint density at radius 1 is 1.26 bits per heavy atom. The third-order valence-corrected chi connectivity index (χ3v) is 3.51. The summed E-state index contributed by atoms with van der Waals surface area (Å²) in [6.45, 7) is 4.74. The summed E-state index contributed by atoms with van der Waals surface area (Å²) in [6, 6.07) is 2.08. The van der Waals surface area contributed by atoms with Crippen molar-refractivity contribution in [1.29, 1.82) is 0 Å². The van der Waals surface area contributed by atoms with E-state index in [-0.39, 0.29) is 31.4 Å². The van der Waals surface area contributed by atoms with Crippen LogP contribution in [0.25, 0.3) is 0 Å². The quantitative estimate of drug-likeness (QED) is 0.846. The van der Waals surface area contributed by atoms with Crippen LogP contribution in [0.1, 0.15) is 24.5 Å². The minimum absolute atomic E-state index is 0. The van der Waals surface area contributed by atoms with E-state index in [9.17, 15) is 0 Å². The first-order chi connectivity index (χ1) is 8.35. The number of aliphatic hydroxyl groups excluding tert-OH is 1. The number of piperidine rings is 1. The molecular formula is C12H24Cl2N4O. The molecule has 1 aromatic rings. The van der Waals surface area contributed by atoms with Crippen molar-refractivity contribution in [2.75, 3.05) is 32.8 Å². The maximum atomic E-state index is 8.99. The second-order valence-electron chi connectivity index (χ2n) is 4.61. The molecular weight excluding hydrogens is 287 g/mol. The number of hydrogen-bond acceptors (Lipinski definition) is 4. The van der Waals surface area contributed by atoms with Gasteiger partial charge in [-0.3, -0.25) is 4.68 Å². The second kappa shape index (κ2) is 9.55. The first-order valence-corrected chi connectivity index (χ1v) is 6.40. The topological polar surface area (TPSA) is 67.3 Å². The van der Waals surface area contributed by atoms with E-state index in [2.05, 4.69) is 16.1 Å². The number of aromatic nitrogens is 2. The molecule has 0 aliphatic carbocycles. The van der Waals surface area contributed by atoms with Crippen LogP contribution in [0.4, 0.5) is 0 Å². The van der Waals surface area contributed by atoms with E-state index in [0.717, 1.165) is 39.0 Å². The second-order valence-corrected chi connectivity index (χ2v) is 4.61. The molecule has 2 heterocycles. The summed E-state index contributed by atoms with van der Waals surface area (Å²) in [6.07, 6.45) is 4.16. The third kappa shape index (κ3) is 4.93. The molecule has 5 nitrogen and oxygen atoms in total. The lowest BCUT2D eigenvalue weighted by Gasteiger charge is -2.31. The van der Waals surface area contributed by atoms with Crippen LogP contribution in [0.15, 0.2) is 12.3 Å². The zero-order chi connectivity index (χ0) is 12.1. The molecule has 0 saturated carbocycles. The van der Waals surface area contributed by atoms with Crippen LogP contribution in [0.3, 0.4) is 0 Å². The maximum absolute atomic E-state index is 8.99. The minimum atomic E-state index is 0. The van der Waals surface area contributed by atoms with Gasteiger partial charge < -0.3 is 15.7 Å². The lowest BCUT2D eigenvalue weighted by Crippen LogP contribution is -2.36. The van der Waals surface area contributed by atoms with Crippen LogP contribution in [0, 0.1) is 0 Å². The Morgan fingerprint density at radius 2 is 1.95 bits per heavy atom. The van der Waals surface area contributed by atoms with Crippen LogP contribution >= 0.6 is 24.8 Å². The number of hydrogen-bond donors (Lipinski definition) is 2. The first-order valence-electron chi connectivity index (χ1n) is 6.40. The smallest absolute Gasteiger partial charge is 0.0644 e. The Morgan fingerprint density at radius 3 is 2.53 bits per heavy atom. The Bertz CT molecular complexity index is 340. The molecule has 2 rings (SSSR count). The Labute approximate surface area is 127 Å². The van der Waals surface area contributed by atoms with E-state index >= 15 is 0 Å². The van der Waals surface area contributed by atoms with Crippen LogP contribution in [-0.4, -0.2) is 52.6 Å². The highest BCUT2D eigenvalue weighted by atomic mass is 35.5. The molecule has 7 heteroatoms. The number of nitrogens with zero attached hydrogens (tertiary/aromatic N) is 3. The molecule has 1 saturated heterocycles. The summed E-state index contributed by atoms with van der Waals surface area (Å²) in [5.41, 5.74) is 6.84. The van der Waals surface area contributed by atoms with Gasteiger partial charge in [0.15, 0.2) is 0 Å². The normalized spacial score (nSPS) is 16.7. The van der Waals surface area contributed by atoms with Crippen LogP contribution in [-0.2, 0) is 6.54 Å². The van der Waals surface area contributed by atoms with Crippen molar-refractivity contribution in [1.82, 2.24) is 14.7 Å². The van der Waals surface area contributed by atoms with Gasteiger partial charge in [0, 0.05) is 30.9 Å². The van der Waals surface area contributed by atoms with Gasteiger partial charge in [-0.1, -0.05) is 0 Å². The van der Waals surface area contributed by atoms with Crippen molar-refractivity contribution in [3.8, 4) is 0 Å². The first kappa shape index (κ1) is 18.7. The molecule has 19 heavy (non-hydrogen) atoms. The average molecular weight is 311 g/mol. The monoisotopic (exact) mass is 310 g/mol. The lowest BCUT2D eigenvalue weighted by molar-refractivity contribution is 0.210. The summed E-state index contributed by atoms with van der Waals surface area (Å²) < 4.78 is 1.93. The Kier molecular flexibility index (Phi) is 9.39. The molecule has 1 aliphatic rings. The molecule has 0 radical (unpaired) electrons. The predicted octanol–water partition coefficient (Wildman–Crippen LogP) is 0.857. The number of likely N-dealkylation sites (tertiary alicyclic amines) is 1. The van der Waals surface area contributed by atoms with Crippen molar-refractivity contribution in [3.05, 3.63) is 18.0 Å². The zero-order valence-corrected chi connectivity index (χ0v) is 12.7. The molecule has 1 aliphatic heterocycles. The van der Waals surface area contributed by atoms with Crippen LogP contribution in [0.2, 0.25) is 0 Å². The van der Waals surface area contributed by atoms with Gasteiger partial charge >= 0.3 is 0 Å². The highest BCUT2D eigenvalue weighted by Gasteiger charge is 2.22. The summed E-state index contributed by atoms with van der Waals surface area (Å²) in [5, 5.41) is 13.2. The number of nitrogens with two attached hydrogens (primary N) is 1. The SMILES string of the molecule is Cl.Cl.NCCN1CCC(c2ccnn2CCO)CC1. The van der Waals surface area contributed by atoms with E-state index in [0.29, 0.717) is 12.5 Å². The molecule has 0 bridgehead atoms. The standard InChI is InChI=1S/C12H22N4O.2ClH/c13-4-8-15-6-2-11(3-7-15)12-1-5-14-16(12)9-10-17;;/h1,5,11,17H,2-4,6-10,13H2;2*1H. The number of aliphatic hydroxyl groups is 1. The maximum Gasteiger partial charge on any atom is 0.0644 e. The molecule has 0 spiro atoms. The fourth-order valence-corrected chi connectivity index (χ4v) is 2.61. The average Bonchev–Trinajstić information content (AvgIpc) is 2.79. The Balaban J connectivity index is 0.00000162. The highest BCUT2D eigenvalue weighted by molar-refractivity contribution is 5.85. The van der Waals surface area contributed by atoms with Gasteiger partial charge in [0.2, 0.25) is 0 Å². The summed E-state index contributed by atoms with van der Waals surface area (Å²) >= 11 is 0. The number of rotatable bonds is 5. The van der Waals surface area contributed by atoms with Crippen molar-refractivity contribution in [2.24, 2.45) is 5.73 Å².